The molecule has 1 fully saturated rings. The number of rotatable bonds is 4. The molecule has 0 bridgehead atoms. The minimum absolute atomic E-state index is 0.479. The van der Waals surface area contributed by atoms with Crippen LogP contribution in [0, 0.1) is 18.3 Å². The molecule has 0 spiro atoms. The molecule has 4 heteroatoms. The molecule has 2 aromatic rings. The molecule has 18 heavy (non-hydrogen) atoms. The van der Waals surface area contributed by atoms with Crippen LogP contribution < -0.4 is 5.32 Å². The zero-order valence-corrected chi connectivity index (χ0v) is 11.3. The van der Waals surface area contributed by atoms with Gasteiger partial charge in [-0.15, -0.1) is 5.10 Å². The van der Waals surface area contributed by atoms with E-state index in [4.69, 9.17) is 0 Å². The van der Waals surface area contributed by atoms with Crippen LogP contribution >= 0.6 is 0 Å². The van der Waals surface area contributed by atoms with Gasteiger partial charge in [0.15, 0.2) is 5.65 Å². The van der Waals surface area contributed by atoms with E-state index in [1.807, 2.05) is 29.6 Å². The lowest BCUT2D eigenvalue weighted by atomic mass is 9.92. The van der Waals surface area contributed by atoms with Crippen molar-refractivity contribution in [2.24, 2.45) is 11.3 Å². The predicted octanol–water partition coefficient (Wildman–Crippen LogP) is 2.89. The molecule has 2 aromatic heterocycles. The highest BCUT2D eigenvalue weighted by molar-refractivity contribution is 5.44. The van der Waals surface area contributed by atoms with Gasteiger partial charge in [-0.3, -0.25) is 0 Å². The van der Waals surface area contributed by atoms with E-state index in [2.05, 4.69) is 29.2 Å². The summed E-state index contributed by atoms with van der Waals surface area (Å²) in [5.41, 5.74) is 2.50. The van der Waals surface area contributed by atoms with Crippen molar-refractivity contribution < 1.29 is 0 Å². The van der Waals surface area contributed by atoms with Crippen molar-refractivity contribution in [2.75, 3.05) is 11.9 Å². The normalized spacial score (nSPS) is 17.3. The van der Waals surface area contributed by atoms with E-state index >= 15 is 0 Å². The number of nitrogens with zero attached hydrogens (tertiary/aromatic N) is 3. The number of aromatic nitrogens is 3. The van der Waals surface area contributed by atoms with Crippen LogP contribution in [0.15, 0.2) is 18.2 Å². The highest BCUT2D eigenvalue weighted by atomic mass is 15.4. The third kappa shape index (κ3) is 1.85. The SMILES string of the molecule is Cc1cccc2nc(NCC3(C(C)C)CC3)nn12. The molecule has 0 saturated heterocycles. The van der Waals surface area contributed by atoms with E-state index in [0.717, 1.165) is 29.8 Å². The van der Waals surface area contributed by atoms with Crippen LogP contribution in [-0.2, 0) is 0 Å². The zero-order chi connectivity index (χ0) is 12.8. The summed E-state index contributed by atoms with van der Waals surface area (Å²) in [6.45, 7) is 7.63. The van der Waals surface area contributed by atoms with Gasteiger partial charge in [0.1, 0.15) is 0 Å². The van der Waals surface area contributed by atoms with Crippen molar-refractivity contribution in [3.8, 4) is 0 Å². The van der Waals surface area contributed by atoms with Crippen LogP contribution in [-0.4, -0.2) is 21.1 Å². The molecule has 1 N–H and O–H groups in total. The Labute approximate surface area is 107 Å². The fourth-order valence-electron chi connectivity index (χ4n) is 2.48. The molecule has 96 valence electrons. The molecule has 0 aromatic carbocycles. The smallest absolute Gasteiger partial charge is 0.243 e. The Balaban J connectivity index is 1.78. The first kappa shape index (κ1) is 11.5. The Morgan fingerprint density at radius 2 is 2.17 bits per heavy atom. The van der Waals surface area contributed by atoms with Gasteiger partial charge in [0, 0.05) is 12.2 Å². The lowest BCUT2D eigenvalue weighted by molar-refractivity contribution is 0.379. The van der Waals surface area contributed by atoms with Gasteiger partial charge in [-0.05, 0) is 43.2 Å². The Hall–Kier alpha value is -1.58. The molecule has 3 rings (SSSR count). The van der Waals surface area contributed by atoms with Gasteiger partial charge < -0.3 is 5.32 Å². The molecule has 1 aliphatic rings. The molecular formula is C14H20N4. The maximum Gasteiger partial charge on any atom is 0.243 e. The quantitative estimate of drug-likeness (QED) is 0.899. The summed E-state index contributed by atoms with van der Waals surface area (Å²) in [6.07, 6.45) is 2.65. The van der Waals surface area contributed by atoms with Crippen LogP contribution in [0.5, 0.6) is 0 Å². The van der Waals surface area contributed by atoms with Gasteiger partial charge in [-0.2, -0.15) is 4.98 Å². The highest BCUT2D eigenvalue weighted by Crippen LogP contribution is 2.51. The number of anilines is 1. The van der Waals surface area contributed by atoms with Gasteiger partial charge in [0.05, 0.1) is 0 Å². The second kappa shape index (κ2) is 3.97. The summed E-state index contributed by atoms with van der Waals surface area (Å²) in [4.78, 5) is 4.50. The number of aryl methyl sites for hydroxylation is 1. The molecule has 0 atom stereocenters. The van der Waals surface area contributed by atoms with Crippen LogP contribution in [0.2, 0.25) is 0 Å². The first-order chi connectivity index (χ1) is 8.61. The van der Waals surface area contributed by atoms with Gasteiger partial charge in [0.2, 0.25) is 5.95 Å². The fourth-order valence-corrected chi connectivity index (χ4v) is 2.48. The van der Waals surface area contributed by atoms with Gasteiger partial charge in [-0.1, -0.05) is 19.9 Å². The van der Waals surface area contributed by atoms with E-state index in [0.29, 0.717) is 5.41 Å². The summed E-state index contributed by atoms with van der Waals surface area (Å²) in [5.74, 6) is 1.47. The standard InChI is InChI=1S/C14H20N4/c1-10(2)14(7-8-14)9-15-13-16-12-6-4-5-11(3)18(12)17-13/h4-6,10H,7-9H2,1-3H3,(H,15,17). The van der Waals surface area contributed by atoms with Crippen LogP contribution in [0.3, 0.4) is 0 Å². The Morgan fingerprint density at radius 1 is 1.39 bits per heavy atom. The van der Waals surface area contributed by atoms with Crippen LogP contribution in [0.1, 0.15) is 32.4 Å². The molecule has 0 aliphatic heterocycles. The topological polar surface area (TPSA) is 42.2 Å². The molecule has 4 nitrogen and oxygen atoms in total. The zero-order valence-electron chi connectivity index (χ0n) is 11.3. The van der Waals surface area contributed by atoms with Gasteiger partial charge in [-0.25, -0.2) is 4.52 Å². The monoisotopic (exact) mass is 244 g/mol. The van der Waals surface area contributed by atoms with Crippen molar-refractivity contribution in [3.05, 3.63) is 23.9 Å². The molecule has 1 saturated carbocycles. The third-order valence-electron chi connectivity index (χ3n) is 4.26. The lowest BCUT2D eigenvalue weighted by Gasteiger charge is -2.19. The van der Waals surface area contributed by atoms with Crippen molar-refractivity contribution in [1.82, 2.24) is 14.6 Å². The number of fused-ring (bicyclic) bond motifs is 1. The average molecular weight is 244 g/mol. The van der Waals surface area contributed by atoms with E-state index in [1.165, 1.54) is 12.8 Å². The Bertz CT molecular complexity index is 566. The third-order valence-corrected chi connectivity index (χ3v) is 4.26. The molecule has 2 heterocycles. The van der Waals surface area contributed by atoms with Gasteiger partial charge >= 0.3 is 0 Å². The van der Waals surface area contributed by atoms with Crippen LogP contribution in [0.25, 0.3) is 5.65 Å². The maximum absolute atomic E-state index is 4.50. The fraction of sp³-hybridized carbons (Fsp3) is 0.571. The predicted molar refractivity (Wildman–Crippen MR) is 72.7 cm³/mol. The molecule has 0 radical (unpaired) electrons. The molecule has 1 aliphatic carbocycles. The lowest BCUT2D eigenvalue weighted by Crippen LogP contribution is -2.21. The Kier molecular flexibility index (Phi) is 2.54. The molecule has 0 amide bonds. The summed E-state index contributed by atoms with van der Waals surface area (Å²) in [6, 6.07) is 6.04. The summed E-state index contributed by atoms with van der Waals surface area (Å²) in [7, 11) is 0. The van der Waals surface area contributed by atoms with Crippen molar-refractivity contribution >= 4 is 11.6 Å². The van der Waals surface area contributed by atoms with E-state index in [9.17, 15) is 0 Å². The number of pyridine rings is 1. The minimum atomic E-state index is 0.479. The molecular weight excluding hydrogens is 224 g/mol. The van der Waals surface area contributed by atoms with Crippen molar-refractivity contribution in [3.63, 3.8) is 0 Å². The van der Waals surface area contributed by atoms with E-state index < -0.39 is 0 Å². The summed E-state index contributed by atoms with van der Waals surface area (Å²) < 4.78 is 1.89. The van der Waals surface area contributed by atoms with E-state index in [-0.39, 0.29) is 0 Å². The maximum atomic E-state index is 4.50. The number of nitrogens with one attached hydrogen (secondary N) is 1. The minimum Gasteiger partial charge on any atom is -0.352 e. The first-order valence-corrected chi connectivity index (χ1v) is 6.67. The molecule has 0 unspecified atom stereocenters. The highest BCUT2D eigenvalue weighted by Gasteiger charge is 2.45. The largest absolute Gasteiger partial charge is 0.352 e. The first-order valence-electron chi connectivity index (χ1n) is 6.67. The number of hydrogen-bond donors (Lipinski definition) is 1. The average Bonchev–Trinajstić information content (AvgIpc) is 3.01. The second-order valence-electron chi connectivity index (χ2n) is 5.74. The number of hydrogen-bond acceptors (Lipinski definition) is 3. The Morgan fingerprint density at radius 3 is 2.78 bits per heavy atom. The summed E-state index contributed by atoms with van der Waals surface area (Å²) >= 11 is 0. The summed E-state index contributed by atoms with van der Waals surface area (Å²) in [5, 5.41) is 7.90. The van der Waals surface area contributed by atoms with E-state index in [1.54, 1.807) is 0 Å². The second-order valence-corrected chi connectivity index (χ2v) is 5.74. The van der Waals surface area contributed by atoms with Crippen LogP contribution in [0.4, 0.5) is 5.95 Å². The van der Waals surface area contributed by atoms with Gasteiger partial charge in [0.25, 0.3) is 0 Å². The van der Waals surface area contributed by atoms with Crippen molar-refractivity contribution in [1.29, 1.82) is 0 Å². The van der Waals surface area contributed by atoms with Crippen molar-refractivity contribution in [2.45, 2.75) is 33.6 Å².